The Morgan fingerprint density at radius 3 is 1.87 bits per heavy atom. The molecule has 0 fully saturated rings. The van der Waals surface area contributed by atoms with Gasteiger partial charge in [0.1, 0.15) is 0 Å². The van der Waals surface area contributed by atoms with E-state index in [0.717, 1.165) is 5.19 Å². The van der Waals surface area contributed by atoms with Crippen molar-refractivity contribution in [2.24, 2.45) is 0 Å². The van der Waals surface area contributed by atoms with E-state index >= 15 is 0 Å². The lowest BCUT2D eigenvalue weighted by molar-refractivity contribution is 0.140. The third-order valence-corrected chi connectivity index (χ3v) is 7.58. The van der Waals surface area contributed by atoms with Gasteiger partial charge in [0.2, 0.25) is 0 Å². The maximum absolute atomic E-state index is 5.41. The molecule has 0 amide bonds. The second-order valence-electron chi connectivity index (χ2n) is 2.80. The van der Waals surface area contributed by atoms with Gasteiger partial charge in [0.25, 0.3) is 0 Å². The van der Waals surface area contributed by atoms with Crippen LogP contribution in [-0.4, -0.2) is 30.1 Å². The molecule has 0 radical (unpaired) electrons. The molecule has 15 heavy (non-hydrogen) atoms. The first-order chi connectivity index (χ1) is 7.09. The van der Waals surface area contributed by atoms with Crippen molar-refractivity contribution >= 4 is 59.2 Å². The van der Waals surface area contributed by atoms with Gasteiger partial charge in [-0.3, -0.25) is 0 Å². The molecule has 1 aromatic rings. The summed E-state index contributed by atoms with van der Waals surface area (Å²) in [5.74, 6) is 0. The van der Waals surface area contributed by atoms with Crippen molar-refractivity contribution in [3.05, 3.63) is 25.3 Å². The molecule has 0 aliphatic heterocycles. The molecule has 0 heterocycles. The Kier molecular flexibility index (Phi) is 5.46. The monoisotopic (exact) mass is 450 g/mol. The lowest BCUT2D eigenvalue weighted by Crippen LogP contribution is -2.54. The summed E-state index contributed by atoms with van der Waals surface area (Å²) >= 11 is 4.58. The zero-order valence-electron chi connectivity index (χ0n) is 8.71. The summed E-state index contributed by atoms with van der Waals surface area (Å²) in [6.07, 6.45) is 0. The Hall–Kier alpha value is 0.777. The van der Waals surface area contributed by atoms with Crippen molar-refractivity contribution in [1.29, 1.82) is 0 Å². The van der Waals surface area contributed by atoms with E-state index in [-0.39, 0.29) is 0 Å². The minimum absolute atomic E-state index is 0.986. The van der Waals surface area contributed by atoms with Crippen LogP contribution in [0.15, 0.2) is 18.2 Å². The van der Waals surface area contributed by atoms with E-state index in [1.54, 1.807) is 21.3 Å². The molecule has 0 bridgehead atoms. The predicted molar refractivity (Wildman–Crippen MR) is 78.3 cm³/mol. The van der Waals surface area contributed by atoms with Crippen molar-refractivity contribution in [2.45, 2.75) is 0 Å². The van der Waals surface area contributed by atoms with Crippen LogP contribution in [0.1, 0.15) is 0 Å². The Morgan fingerprint density at radius 1 is 0.933 bits per heavy atom. The Bertz CT molecular complexity index is 334. The maximum Gasteiger partial charge on any atom is 0.536 e. The quantitative estimate of drug-likeness (QED) is 0.519. The van der Waals surface area contributed by atoms with E-state index in [2.05, 4.69) is 45.2 Å². The molecular weight excluding hydrogens is 438 g/mol. The Balaban J connectivity index is 3.17. The van der Waals surface area contributed by atoms with Crippen molar-refractivity contribution < 1.29 is 13.3 Å². The van der Waals surface area contributed by atoms with Crippen molar-refractivity contribution in [3.63, 3.8) is 0 Å². The van der Waals surface area contributed by atoms with Gasteiger partial charge < -0.3 is 13.3 Å². The molecule has 1 aromatic carbocycles. The first-order valence-electron chi connectivity index (χ1n) is 4.20. The Morgan fingerprint density at radius 2 is 1.47 bits per heavy atom. The molecule has 0 aliphatic rings. The van der Waals surface area contributed by atoms with Gasteiger partial charge in [-0.2, -0.15) is 0 Å². The first kappa shape index (κ1) is 13.8. The number of rotatable bonds is 4. The van der Waals surface area contributed by atoms with Crippen molar-refractivity contribution in [2.75, 3.05) is 21.3 Å². The highest BCUT2D eigenvalue weighted by molar-refractivity contribution is 14.1. The van der Waals surface area contributed by atoms with Gasteiger partial charge in [-0.15, -0.1) is 0 Å². The lowest BCUT2D eigenvalue weighted by atomic mass is 10.4. The van der Waals surface area contributed by atoms with Crippen LogP contribution in [0.4, 0.5) is 0 Å². The summed E-state index contributed by atoms with van der Waals surface area (Å²) in [6.45, 7) is 0. The van der Waals surface area contributed by atoms with Crippen LogP contribution in [0.25, 0.3) is 0 Å². The van der Waals surface area contributed by atoms with E-state index in [4.69, 9.17) is 13.3 Å². The summed E-state index contributed by atoms with van der Waals surface area (Å²) in [6, 6.07) is 6.08. The summed E-state index contributed by atoms with van der Waals surface area (Å²) in [4.78, 5) is 0. The number of benzene rings is 1. The summed E-state index contributed by atoms with van der Waals surface area (Å²) in [5.41, 5.74) is 0. The number of hydrogen-bond acceptors (Lipinski definition) is 3. The van der Waals surface area contributed by atoms with Gasteiger partial charge in [0.05, 0.1) is 0 Å². The smallest absolute Gasteiger partial charge is 0.373 e. The van der Waals surface area contributed by atoms with Crippen molar-refractivity contribution in [1.82, 2.24) is 0 Å². The fourth-order valence-corrected chi connectivity index (χ4v) is 4.25. The molecular formula is C9H12I2O3Si. The molecule has 3 nitrogen and oxygen atoms in total. The third-order valence-electron chi connectivity index (χ3n) is 2.08. The van der Waals surface area contributed by atoms with Crippen LogP contribution in [0, 0.1) is 7.14 Å². The Labute approximate surface area is 118 Å². The van der Waals surface area contributed by atoms with Gasteiger partial charge >= 0.3 is 8.80 Å². The topological polar surface area (TPSA) is 27.7 Å². The highest BCUT2D eigenvalue weighted by Gasteiger charge is 2.40. The van der Waals surface area contributed by atoms with E-state index in [1.165, 1.54) is 7.14 Å². The minimum Gasteiger partial charge on any atom is -0.373 e. The van der Waals surface area contributed by atoms with Gasteiger partial charge in [-0.05, 0) is 57.3 Å². The van der Waals surface area contributed by atoms with Gasteiger partial charge in [-0.25, -0.2) is 0 Å². The molecule has 0 aromatic heterocycles. The largest absolute Gasteiger partial charge is 0.536 e. The second-order valence-corrected chi connectivity index (χ2v) is 8.04. The van der Waals surface area contributed by atoms with Crippen LogP contribution in [0.2, 0.25) is 0 Å². The first-order valence-corrected chi connectivity index (χ1v) is 8.09. The molecule has 84 valence electrons. The highest BCUT2D eigenvalue weighted by atomic mass is 127. The lowest BCUT2D eigenvalue weighted by Gasteiger charge is -2.24. The average Bonchev–Trinajstić information content (AvgIpc) is 2.26. The SMILES string of the molecule is CO[Si](OC)(OC)c1ccc(I)c(I)c1. The summed E-state index contributed by atoms with van der Waals surface area (Å²) in [7, 11) is 2.19. The molecule has 1 rings (SSSR count). The van der Waals surface area contributed by atoms with Crippen LogP contribution in [0.5, 0.6) is 0 Å². The standard InChI is InChI=1S/C9H12I2O3Si/c1-12-15(13-2,14-3)7-4-5-8(10)9(11)6-7/h4-6H,1-3H3. The van der Waals surface area contributed by atoms with Crippen LogP contribution in [-0.2, 0) is 13.3 Å². The third kappa shape index (κ3) is 2.91. The van der Waals surface area contributed by atoms with Gasteiger partial charge in [0.15, 0.2) is 0 Å². The molecule has 0 unspecified atom stereocenters. The molecule has 0 N–H and O–H groups in total. The predicted octanol–water partition coefficient (Wildman–Crippen LogP) is 1.98. The fraction of sp³-hybridized carbons (Fsp3) is 0.333. The normalized spacial score (nSPS) is 11.8. The highest BCUT2D eigenvalue weighted by Crippen LogP contribution is 2.15. The number of halogens is 2. The van der Waals surface area contributed by atoms with Crippen LogP contribution < -0.4 is 5.19 Å². The van der Waals surface area contributed by atoms with E-state index < -0.39 is 8.80 Å². The van der Waals surface area contributed by atoms with E-state index in [0.29, 0.717) is 0 Å². The molecule has 0 spiro atoms. The summed E-state index contributed by atoms with van der Waals surface area (Å²) in [5, 5.41) is 0.986. The number of hydrogen-bond donors (Lipinski definition) is 0. The zero-order chi connectivity index (χ0) is 11.5. The molecule has 0 saturated carbocycles. The fourth-order valence-electron chi connectivity index (χ4n) is 1.29. The van der Waals surface area contributed by atoms with E-state index in [1.807, 2.05) is 18.2 Å². The van der Waals surface area contributed by atoms with E-state index in [9.17, 15) is 0 Å². The van der Waals surface area contributed by atoms with Gasteiger partial charge in [-0.1, -0.05) is 6.07 Å². The molecule has 0 saturated heterocycles. The second kappa shape index (κ2) is 5.91. The molecule has 6 heteroatoms. The minimum atomic E-state index is -2.66. The summed E-state index contributed by atoms with van der Waals surface area (Å²) < 4.78 is 18.6. The van der Waals surface area contributed by atoms with Gasteiger partial charge in [0, 0.05) is 33.7 Å². The zero-order valence-corrected chi connectivity index (χ0v) is 14.0. The molecule has 0 aliphatic carbocycles. The average molecular weight is 450 g/mol. The van der Waals surface area contributed by atoms with Crippen molar-refractivity contribution in [3.8, 4) is 0 Å². The molecule has 0 atom stereocenters. The van der Waals surface area contributed by atoms with Crippen LogP contribution >= 0.6 is 45.2 Å². The maximum atomic E-state index is 5.41. The van der Waals surface area contributed by atoms with Crippen LogP contribution in [0.3, 0.4) is 0 Å².